The fourth-order valence-electron chi connectivity index (χ4n) is 2.16. The molecule has 0 amide bonds. The van der Waals surface area contributed by atoms with Crippen molar-refractivity contribution in [3.8, 4) is 19.5 Å². The molecule has 1 aliphatic heterocycles. The maximum Gasteiger partial charge on any atom is 0.193 e. The molecule has 4 heterocycles. The third-order valence-corrected chi connectivity index (χ3v) is 6.55. The van der Waals surface area contributed by atoms with Gasteiger partial charge in [0.1, 0.15) is 0 Å². The molecule has 0 saturated carbocycles. The summed E-state index contributed by atoms with van der Waals surface area (Å²) in [6.07, 6.45) is -0.162. The summed E-state index contributed by atoms with van der Waals surface area (Å²) in [5.41, 5.74) is 0. The van der Waals surface area contributed by atoms with Crippen LogP contribution in [0.15, 0.2) is 41.8 Å². The molecule has 3 aromatic rings. The van der Waals surface area contributed by atoms with Gasteiger partial charge in [-0.2, -0.15) is 0 Å². The lowest BCUT2D eigenvalue weighted by Crippen LogP contribution is -1.93. The maximum atomic E-state index is 5.55. The first-order chi connectivity index (χ1) is 9.90. The van der Waals surface area contributed by atoms with E-state index in [0.29, 0.717) is 13.2 Å². The first kappa shape index (κ1) is 12.7. The van der Waals surface area contributed by atoms with Crippen LogP contribution in [-0.2, 0) is 9.47 Å². The normalized spacial score (nSPS) is 16.0. The standard InChI is InChI=1S/C15H12O2S3/c1-2-10(18-9-1)11-3-4-12(19-11)13-5-6-14(20-13)15-16-7-8-17-15/h1-6,9,15H,7-8H2. The van der Waals surface area contributed by atoms with Crippen LogP contribution in [-0.4, -0.2) is 13.2 Å². The molecule has 0 spiro atoms. The van der Waals surface area contributed by atoms with Crippen molar-refractivity contribution in [1.82, 2.24) is 0 Å². The Hall–Kier alpha value is -0.980. The molecule has 1 saturated heterocycles. The van der Waals surface area contributed by atoms with Crippen LogP contribution in [0, 0.1) is 0 Å². The lowest BCUT2D eigenvalue weighted by Gasteiger charge is -2.04. The van der Waals surface area contributed by atoms with E-state index in [9.17, 15) is 0 Å². The average Bonchev–Trinajstić information content (AvgIpc) is 3.22. The van der Waals surface area contributed by atoms with E-state index in [-0.39, 0.29) is 6.29 Å². The van der Waals surface area contributed by atoms with Gasteiger partial charge in [-0.1, -0.05) is 6.07 Å². The van der Waals surface area contributed by atoms with Gasteiger partial charge >= 0.3 is 0 Å². The van der Waals surface area contributed by atoms with Crippen molar-refractivity contribution >= 4 is 34.0 Å². The highest BCUT2D eigenvalue weighted by molar-refractivity contribution is 7.26. The molecule has 2 nitrogen and oxygen atoms in total. The maximum absolute atomic E-state index is 5.55. The highest BCUT2D eigenvalue weighted by Gasteiger charge is 2.20. The van der Waals surface area contributed by atoms with E-state index in [0.717, 1.165) is 4.88 Å². The summed E-state index contributed by atoms with van der Waals surface area (Å²) in [5.74, 6) is 0. The predicted octanol–water partition coefficient (Wildman–Crippen LogP) is 5.25. The second kappa shape index (κ2) is 5.42. The van der Waals surface area contributed by atoms with Crippen LogP contribution in [0.3, 0.4) is 0 Å². The fraction of sp³-hybridized carbons (Fsp3) is 0.200. The van der Waals surface area contributed by atoms with Crippen LogP contribution in [0.5, 0.6) is 0 Å². The van der Waals surface area contributed by atoms with Crippen molar-refractivity contribution < 1.29 is 9.47 Å². The minimum Gasteiger partial charge on any atom is -0.345 e. The van der Waals surface area contributed by atoms with Crippen LogP contribution in [0.1, 0.15) is 11.2 Å². The van der Waals surface area contributed by atoms with Crippen LogP contribution in [0.4, 0.5) is 0 Å². The molecular formula is C15H12O2S3. The molecule has 0 unspecified atom stereocenters. The SMILES string of the molecule is c1csc(-c2ccc(-c3ccc(C4OCCO4)s3)s2)c1. The Bertz CT molecular complexity index is 690. The summed E-state index contributed by atoms with van der Waals surface area (Å²) in [6.45, 7) is 1.39. The second-order valence-corrected chi connectivity index (χ2v) is 7.56. The van der Waals surface area contributed by atoms with Crippen molar-refractivity contribution in [2.24, 2.45) is 0 Å². The van der Waals surface area contributed by atoms with Gasteiger partial charge < -0.3 is 9.47 Å². The van der Waals surface area contributed by atoms with Gasteiger partial charge in [-0.15, -0.1) is 34.0 Å². The number of hydrogen-bond acceptors (Lipinski definition) is 5. The van der Waals surface area contributed by atoms with Crippen molar-refractivity contribution in [2.75, 3.05) is 13.2 Å². The summed E-state index contributed by atoms with van der Waals surface area (Å²) in [6, 6.07) is 12.9. The second-order valence-electron chi connectivity index (χ2n) is 4.42. The molecule has 0 radical (unpaired) electrons. The lowest BCUT2D eigenvalue weighted by atomic mass is 10.3. The van der Waals surface area contributed by atoms with E-state index in [1.165, 1.54) is 19.5 Å². The van der Waals surface area contributed by atoms with E-state index in [2.05, 4.69) is 41.8 Å². The Kier molecular flexibility index (Phi) is 3.45. The van der Waals surface area contributed by atoms with Gasteiger partial charge in [0.25, 0.3) is 0 Å². The largest absolute Gasteiger partial charge is 0.345 e. The van der Waals surface area contributed by atoms with Gasteiger partial charge in [-0.25, -0.2) is 0 Å². The van der Waals surface area contributed by atoms with Gasteiger partial charge in [0.15, 0.2) is 6.29 Å². The monoisotopic (exact) mass is 320 g/mol. The minimum absolute atomic E-state index is 0.162. The summed E-state index contributed by atoms with van der Waals surface area (Å²) in [5, 5.41) is 2.12. The molecule has 0 aromatic carbocycles. The first-order valence-electron chi connectivity index (χ1n) is 6.37. The molecule has 4 rings (SSSR count). The number of ether oxygens (including phenoxy) is 2. The molecule has 0 bridgehead atoms. The lowest BCUT2D eigenvalue weighted by molar-refractivity contribution is -0.0413. The molecule has 5 heteroatoms. The highest BCUT2D eigenvalue weighted by atomic mass is 32.1. The Labute approximate surface area is 129 Å². The smallest absolute Gasteiger partial charge is 0.193 e. The summed E-state index contributed by atoms with van der Waals surface area (Å²) >= 11 is 5.38. The molecule has 1 fully saturated rings. The van der Waals surface area contributed by atoms with Crippen molar-refractivity contribution in [1.29, 1.82) is 0 Å². The Balaban J connectivity index is 1.61. The molecule has 1 aliphatic rings. The molecular weight excluding hydrogens is 308 g/mol. The van der Waals surface area contributed by atoms with E-state index < -0.39 is 0 Å². The van der Waals surface area contributed by atoms with Gasteiger partial charge in [-0.05, 0) is 35.7 Å². The molecule has 3 aromatic heterocycles. The molecule has 0 atom stereocenters. The quantitative estimate of drug-likeness (QED) is 0.656. The van der Waals surface area contributed by atoms with Crippen molar-refractivity contribution in [3.63, 3.8) is 0 Å². The number of rotatable bonds is 3. The van der Waals surface area contributed by atoms with E-state index in [1.54, 1.807) is 22.7 Å². The van der Waals surface area contributed by atoms with E-state index >= 15 is 0 Å². The summed E-state index contributed by atoms with van der Waals surface area (Å²) < 4.78 is 11.1. The summed E-state index contributed by atoms with van der Waals surface area (Å²) in [4.78, 5) is 6.41. The zero-order valence-electron chi connectivity index (χ0n) is 10.6. The van der Waals surface area contributed by atoms with Crippen molar-refractivity contribution in [3.05, 3.63) is 46.7 Å². The highest BCUT2D eigenvalue weighted by Crippen LogP contribution is 2.41. The molecule has 0 aliphatic carbocycles. The van der Waals surface area contributed by atoms with Gasteiger partial charge in [0, 0.05) is 19.5 Å². The van der Waals surface area contributed by atoms with Gasteiger partial charge in [0.05, 0.1) is 18.1 Å². The fourth-order valence-corrected chi connectivity index (χ4v) is 5.09. The molecule has 102 valence electrons. The van der Waals surface area contributed by atoms with Crippen LogP contribution in [0.2, 0.25) is 0 Å². The predicted molar refractivity (Wildman–Crippen MR) is 85.6 cm³/mol. The Morgan fingerprint density at radius 3 is 2.25 bits per heavy atom. The third-order valence-electron chi connectivity index (χ3n) is 3.09. The molecule has 0 N–H and O–H groups in total. The van der Waals surface area contributed by atoms with Crippen molar-refractivity contribution in [2.45, 2.75) is 6.29 Å². The number of hydrogen-bond donors (Lipinski definition) is 0. The Morgan fingerprint density at radius 2 is 1.50 bits per heavy atom. The first-order valence-corrected chi connectivity index (χ1v) is 8.88. The van der Waals surface area contributed by atoms with Gasteiger partial charge in [-0.3, -0.25) is 0 Å². The zero-order valence-corrected chi connectivity index (χ0v) is 13.0. The Morgan fingerprint density at radius 1 is 0.800 bits per heavy atom. The van der Waals surface area contributed by atoms with E-state index in [4.69, 9.17) is 9.47 Å². The third kappa shape index (κ3) is 2.36. The minimum atomic E-state index is -0.162. The van der Waals surface area contributed by atoms with Crippen LogP contribution < -0.4 is 0 Å². The molecule has 20 heavy (non-hydrogen) atoms. The zero-order chi connectivity index (χ0) is 13.4. The van der Waals surface area contributed by atoms with E-state index in [1.807, 2.05) is 11.3 Å². The summed E-state index contributed by atoms with van der Waals surface area (Å²) in [7, 11) is 0. The van der Waals surface area contributed by atoms with Crippen LogP contribution >= 0.6 is 34.0 Å². The average molecular weight is 320 g/mol. The van der Waals surface area contributed by atoms with Gasteiger partial charge in [0.2, 0.25) is 0 Å². The number of thiophene rings is 3. The van der Waals surface area contributed by atoms with Crippen LogP contribution in [0.25, 0.3) is 19.5 Å². The topological polar surface area (TPSA) is 18.5 Å².